The van der Waals surface area contributed by atoms with Crippen LogP contribution in [0.4, 0.5) is 8.78 Å². The molecule has 0 fully saturated rings. The molecule has 218 valence electrons. The number of amides is 2. The van der Waals surface area contributed by atoms with Crippen molar-refractivity contribution in [2.45, 2.75) is 58.7 Å². The van der Waals surface area contributed by atoms with E-state index in [0.29, 0.717) is 33.2 Å². The molecule has 0 saturated heterocycles. The monoisotopic (exact) mass is 687 g/mol. The molecule has 9 nitrogen and oxygen atoms in total. The van der Waals surface area contributed by atoms with E-state index >= 15 is 0 Å². The summed E-state index contributed by atoms with van der Waals surface area (Å²) in [4.78, 5) is 43.7. The molecular formula is C30H28F2IN5O4. The van der Waals surface area contributed by atoms with Gasteiger partial charge in [-0.05, 0) is 104 Å². The van der Waals surface area contributed by atoms with Crippen molar-refractivity contribution in [1.82, 2.24) is 25.2 Å². The third-order valence-corrected chi connectivity index (χ3v) is 7.71. The maximum Gasteiger partial charge on any atom is 0.338 e. The van der Waals surface area contributed by atoms with Crippen LogP contribution in [0.25, 0.3) is 5.65 Å². The van der Waals surface area contributed by atoms with Crippen LogP contribution in [-0.2, 0) is 17.7 Å². The molecule has 12 heteroatoms. The van der Waals surface area contributed by atoms with Gasteiger partial charge in [0.1, 0.15) is 17.0 Å². The molecule has 1 atom stereocenters. The Morgan fingerprint density at radius 1 is 1.10 bits per heavy atom. The van der Waals surface area contributed by atoms with Crippen molar-refractivity contribution < 1.29 is 27.9 Å². The van der Waals surface area contributed by atoms with Crippen molar-refractivity contribution >= 4 is 46.0 Å². The third kappa shape index (κ3) is 5.98. The number of fused-ring (bicyclic) bond motifs is 2. The highest BCUT2D eigenvalue weighted by Crippen LogP contribution is 2.35. The lowest BCUT2D eigenvalue weighted by Crippen LogP contribution is -2.31. The minimum absolute atomic E-state index is 0.0293. The van der Waals surface area contributed by atoms with E-state index < -0.39 is 35.0 Å². The van der Waals surface area contributed by atoms with Crippen LogP contribution in [0.15, 0.2) is 42.6 Å². The van der Waals surface area contributed by atoms with Gasteiger partial charge in [-0.1, -0.05) is 12.1 Å². The van der Waals surface area contributed by atoms with Gasteiger partial charge < -0.3 is 15.4 Å². The molecule has 0 radical (unpaired) electrons. The summed E-state index contributed by atoms with van der Waals surface area (Å²) in [7, 11) is 0. The Morgan fingerprint density at radius 2 is 1.86 bits per heavy atom. The summed E-state index contributed by atoms with van der Waals surface area (Å²) in [5.41, 5.74) is 3.38. The van der Waals surface area contributed by atoms with Gasteiger partial charge in [-0.25, -0.2) is 23.1 Å². The number of esters is 1. The zero-order chi connectivity index (χ0) is 30.3. The van der Waals surface area contributed by atoms with Crippen molar-refractivity contribution in [2.24, 2.45) is 0 Å². The number of halogens is 3. The Labute approximate surface area is 254 Å². The molecule has 1 aliphatic carbocycles. The number of hydrogen-bond acceptors (Lipinski definition) is 6. The molecule has 0 saturated carbocycles. The van der Waals surface area contributed by atoms with Crippen LogP contribution in [0.1, 0.15) is 86.8 Å². The van der Waals surface area contributed by atoms with E-state index in [9.17, 15) is 23.2 Å². The molecule has 1 aliphatic rings. The molecular weight excluding hydrogens is 659 g/mol. The van der Waals surface area contributed by atoms with Crippen molar-refractivity contribution in [3.8, 4) is 0 Å². The van der Waals surface area contributed by atoms with Gasteiger partial charge in [0, 0.05) is 12.6 Å². The summed E-state index contributed by atoms with van der Waals surface area (Å²) in [5, 5.41) is 9.95. The summed E-state index contributed by atoms with van der Waals surface area (Å²) in [6, 6.07) is 7.95. The Balaban J connectivity index is 1.38. The van der Waals surface area contributed by atoms with Gasteiger partial charge in [-0.3, -0.25) is 9.59 Å². The van der Waals surface area contributed by atoms with Crippen molar-refractivity contribution in [1.29, 1.82) is 0 Å². The first-order valence-electron chi connectivity index (χ1n) is 13.3. The van der Waals surface area contributed by atoms with Crippen LogP contribution < -0.4 is 10.6 Å². The zero-order valence-corrected chi connectivity index (χ0v) is 25.5. The average molecular weight is 687 g/mol. The van der Waals surface area contributed by atoms with Crippen LogP contribution >= 0.6 is 22.6 Å². The van der Waals surface area contributed by atoms with Crippen LogP contribution in [0.5, 0.6) is 0 Å². The van der Waals surface area contributed by atoms with E-state index in [2.05, 4.69) is 20.7 Å². The first-order valence-corrected chi connectivity index (χ1v) is 14.3. The number of rotatable bonds is 6. The lowest BCUT2D eigenvalue weighted by atomic mass is 9.97. The molecule has 0 unspecified atom stereocenters. The lowest BCUT2D eigenvalue weighted by Gasteiger charge is -2.21. The molecule has 5 rings (SSSR count). The number of benzene rings is 2. The van der Waals surface area contributed by atoms with Gasteiger partial charge in [0.05, 0.1) is 21.4 Å². The van der Waals surface area contributed by atoms with Gasteiger partial charge in [0.2, 0.25) is 0 Å². The molecule has 0 aliphatic heterocycles. The Hall–Kier alpha value is -3.94. The minimum Gasteiger partial charge on any atom is -0.456 e. The first kappa shape index (κ1) is 29.5. The highest BCUT2D eigenvalue weighted by Gasteiger charge is 2.30. The second-order valence-electron chi connectivity index (χ2n) is 11.1. The number of carbonyl (C=O) groups is 3. The largest absolute Gasteiger partial charge is 0.456 e. The first-order chi connectivity index (χ1) is 19.8. The molecule has 4 aromatic rings. The molecule has 0 bridgehead atoms. The Kier molecular flexibility index (Phi) is 8.01. The van der Waals surface area contributed by atoms with E-state index in [1.165, 1.54) is 22.8 Å². The fourth-order valence-corrected chi connectivity index (χ4v) is 5.43. The number of aromatic nitrogens is 3. The van der Waals surface area contributed by atoms with Crippen LogP contribution in [0, 0.1) is 22.1 Å². The summed E-state index contributed by atoms with van der Waals surface area (Å²) in [6.45, 7) is 7.27. The Bertz CT molecular complexity index is 1750. The maximum atomic E-state index is 13.6. The molecule has 2 amide bonds. The van der Waals surface area contributed by atoms with Crippen molar-refractivity contribution in [3.05, 3.63) is 97.0 Å². The topological polar surface area (TPSA) is 115 Å². The number of hydrogen-bond donors (Lipinski definition) is 2. The molecule has 42 heavy (non-hydrogen) atoms. The number of ether oxygens (including phenoxy) is 1. The van der Waals surface area contributed by atoms with E-state index in [1.807, 2.05) is 56.4 Å². The van der Waals surface area contributed by atoms with Crippen LogP contribution in [-0.4, -0.2) is 38.0 Å². The van der Waals surface area contributed by atoms with Crippen LogP contribution in [0.2, 0.25) is 0 Å². The second-order valence-corrected chi connectivity index (χ2v) is 12.2. The molecule has 2 aromatic heterocycles. The smallest absolute Gasteiger partial charge is 0.338 e. The van der Waals surface area contributed by atoms with E-state index in [0.717, 1.165) is 28.8 Å². The van der Waals surface area contributed by atoms with Gasteiger partial charge in [-0.15, -0.1) is 0 Å². The fraction of sp³-hybridized carbons (Fsp3) is 0.300. The van der Waals surface area contributed by atoms with E-state index in [4.69, 9.17) is 4.74 Å². The summed E-state index contributed by atoms with van der Waals surface area (Å²) < 4.78 is 34.4. The van der Waals surface area contributed by atoms with Gasteiger partial charge in [0.25, 0.3) is 11.8 Å². The highest BCUT2D eigenvalue weighted by atomic mass is 127. The summed E-state index contributed by atoms with van der Waals surface area (Å²) in [6.07, 6.45) is 2.84. The van der Waals surface area contributed by atoms with Crippen molar-refractivity contribution in [3.63, 3.8) is 0 Å². The van der Waals surface area contributed by atoms with Gasteiger partial charge in [-0.2, -0.15) is 5.10 Å². The van der Waals surface area contributed by atoms with Crippen LogP contribution in [0.3, 0.4) is 0 Å². The zero-order valence-electron chi connectivity index (χ0n) is 23.3. The van der Waals surface area contributed by atoms with Gasteiger partial charge >= 0.3 is 5.97 Å². The predicted octanol–water partition coefficient (Wildman–Crippen LogP) is 5.22. The molecule has 2 aromatic carbocycles. The fourth-order valence-electron chi connectivity index (χ4n) is 4.95. The standard InChI is InChI=1S/C30H28F2IN5O4/c1-15-17-8-10-23(19(17)7-6-18(15)29(41)42-30(2,3)4)37-28(40)25-12-24(36-26-22(33)14-35-38(25)26)27(39)34-13-16-5-9-20(31)21(32)11-16/h5-7,9,11-12,14,23H,8,10,13H2,1-4H3,(H,34,39)(H,37,40)/t23-/m0/s1. The minimum atomic E-state index is -1.01. The number of carbonyl (C=O) groups excluding carboxylic acids is 3. The highest BCUT2D eigenvalue weighted by molar-refractivity contribution is 14.1. The molecule has 2 N–H and O–H groups in total. The summed E-state index contributed by atoms with van der Waals surface area (Å²) in [5.74, 6) is -3.43. The SMILES string of the molecule is Cc1c(C(=O)OC(C)(C)C)ccc2c1CC[C@@H]2NC(=O)c1cc(C(=O)NCc2ccc(F)c(F)c2)nc2c(I)cnn12. The second kappa shape index (κ2) is 11.4. The normalized spacial score (nSPS) is 14.5. The third-order valence-electron chi connectivity index (χ3n) is 6.95. The van der Waals surface area contributed by atoms with Crippen molar-refractivity contribution in [2.75, 3.05) is 0 Å². The van der Waals surface area contributed by atoms with Gasteiger partial charge in [0.15, 0.2) is 17.3 Å². The maximum absolute atomic E-state index is 13.6. The Morgan fingerprint density at radius 3 is 2.57 bits per heavy atom. The van der Waals surface area contributed by atoms with E-state index in [-0.39, 0.29) is 24.0 Å². The summed E-state index contributed by atoms with van der Waals surface area (Å²) >= 11 is 2.02. The molecule has 0 spiro atoms. The number of nitrogens with zero attached hydrogens (tertiary/aromatic N) is 3. The molecule has 2 heterocycles. The van der Waals surface area contributed by atoms with E-state index in [1.54, 1.807) is 6.07 Å². The number of nitrogens with one attached hydrogen (secondary N) is 2. The predicted molar refractivity (Wildman–Crippen MR) is 158 cm³/mol. The quantitative estimate of drug-likeness (QED) is 0.212. The lowest BCUT2D eigenvalue weighted by molar-refractivity contribution is 0.00683. The average Bonchev–Trinajstić information content (AvgIpc) is 3.51.